The van der Waals surface area contributed by atoms with E-state index >= 15 is 0 Å². The number of nitrogens with two attached hydrogens (primary N) is 1. The van der Waals surface area contributed by atoms with Crippen LogP contribution in [0.25, 0.3) is 0 Å². The zero-order valence-electron chi connectivity index (χ0n) is 9.39. The smallest absolute Gasteiger partial charge is 0.0236 e. The van der Waals surface area contributed by atoms with Crippen LogP contribution < -0.4 is 5.73 Å². The Morgan fingerprint density at radius 2 is 2.07 bits per heavy atom. The van der Waals surface area contributed by atoms with Gasteiger partial charge < -0.3 is 5.73 Å². The summed E-state index contributed by atoms with van der Waals surface area (Å²) in [6.07, 6.45) is 1.25. The minimum absolute atomic E-state index is 0.679. The molecular formula is C13H20N2. The first kappa shape index (κ1) is 10.7. The van der Waals surface area contributed by atoms with Crippen LogP contribution in [0.1, 0.15) is 18.9 Å². The normalized spacial score (nSPS) is 27.1. The van der Waals surface area contributed by atoms with Gasteiger partial charge in [-0.25, -0.2) is 0 Å². The number of hydrogen-bond acceptors (Lipinski definition) is 2. The molecule has 0 radical (unpaired) electrons. The molecule has 82 valence electrons. The molecule has 0 amide bonds. The van der Waals surface area contributed by atoms with Crippen LogP contribution in [-0.2, 0) is 6.54 Å². The minimum Gasteiger partial charge on any atom is -0.330 e. The summed E-state index contributed by atoms with van der Waals surface area (Å²) in [5, 5.41) is 0. The van der Waals surface area contributed by atoms with Crippen molar-refractivity contribution in [1.82, 2.24) is 4.90 Å². The van der Waals surface area contributed by atoms with E-state index in [9.17, 15) is 0 Å². The van der Waals surface area contributed by atoms with Crippen LogP contribution in [0.5, 0.6) is 0 Å². The fourth-order valence-corrected chi connectivity index (χ4v) is 2.43. The van der Waals surface area contributed by atoms with Crippen molar-refractivity contribution in [1.29, 1.82) is 0 Å². The Balaban J connectivity index is 1.96. The number of nitrogens with zero attached hydrogens (tertiary/aromatic N) is 1. The Bertz CT molecular complexity index is 297. The molecule has 1 aliphatic rings. The lowest BCUT2D eigenvalue weighted by Gasteiger charge is -2.20. The standard InChI is InChI=1S/C13H20N2/c1-11-7-13(8-14)10-15(11)9-12-5-3-2-4-6-12/h2-6,11,13H,7-10,14H2,1H3/t11-,13?/m0/s1. The summed E-state index contributed by atoms with van der Waals surface area (Å²) >= 11 is 0. The van der Waals surface area contributed by atoms with Crippen molar-refractivity contribution in [3.8, 4) is 0 Å². The van der Waals surface area contributed by atoms with Gasteiger partial charge in [-0.2, -0.15) is 0 Å². The molecule has 1 aromatic rings. The van der Waals surface area contributed by atoms with E-state index in [-0.39, 0.29) is 0 Å². The maximum atomic E-state index is 5.72. The molecule has 1 aliphatic heterocycles. The van der Waals surface area contributed by atoms with Gasteiger partial charge in [0.25, 0.3) is 0 Å². The molecule has 0 aromatic heterocycles. The number of benzene rings is 1. The van der Waals surface area contributed by atoms with Crippen LogP contribution in [0.4, 0.5) is 0 Å². The van der Waals surface area contributed by atoms with Gasteiger partial charge >= 0.3 is 0 Å². The highest BCUT2D eigenvalue weighted by molar-refractivity contribution is 5.14. The molecular weight excluding hydrogens is 184 g/mol. The predicted octanol–water partition coefficient (Wildman–Crippen LogP) is 1.86. The SMILES string of the molecule is C[C@H]1CC(CN)CN1Cc1ccccc1. The Kier molecular flexibility index (Phi) is 3.39. The third-order valence-electron chi connectivity index (χ3n) is 3.35. The van der Waals surface area contributed by atoms with Crippen LogP contribution in [-0.4, -0.2) is 24.0 Å². The Morgan fingerprint density at radius 1 is 1.33 bits per heavy atom. The van der Waals surface area contributed by atoms with E-state index in [1.54, 1.807) is 0 Å². The molecule has 1 saturated heterocycles. The molecule has 2 heteroatoms. The highest BCUT2D eigenvalue weighted by Crippen LogP contribution is 2.23. The minimum atomic E-state index is 0.679. The molecule has 1 fully saturated rings. The predicted molar refractivity (Wildman–Crippen MR) is 63.5 cm³/mol. The summed E-state index contributed by atoms with van der Waals surface area (Å²) in [4.78, 5) is 2.53. The van der Waals surface area contributed by atoms with E-state index in [1.165, 1.54) is 12.0 Å². The van der Waals surface area contributed by atoms with Crippen LogP contribution in [0.3, 0.4) is 0 Å². The van der Waals surface area contributed by atoms with Crippen molar-refractivity contribution >= 4 is 0 Å². The third kappa shape index (κ3) is 2.58. The molecule has 1 heterocycles. The molecule has 15 heavy (non-hydrogen) atoms. The maximum absolute atomic E-state index is 5.72. The quantitative estimate of drug-likeness (QED) is 0.814. The topological polar surface area (TPSA) is 29.3 Å². The van der Waals surface area contributed by atoms with Crippen LogP contribution in [0.15, 0.2) is 30.3 Å². The summed E-state index contributed by atoms with van der Waals surface area (Å²) in [7, 11) is 0. The highest BCUT2D eigenvalue weighted by atomic mass is 15.2. The van der Waals surface area contributed by atoms with Gasteiger partial charge in [-0.1, -0.05) is 30.3 Å². The highest BCUT2D eigenvalue weighted by Gasteiger charge is 2.27. The third-order valence-corrected chi connectivity index (χ3v) is 3.35. The van der Waals surface area contributed by atoms with Gasteiger partial charge in [0.05, 0.1) is 0 Å². The second-order valence-electron chi connectivity index (χ2n) is 4.60. The number of likely N-dealkylation sites (tertiary alicyclic amines) is 1. The van der Waals surface area contributed by atoms with Gasteiger partial charge in [-0.15, -0.1) is 0 Å². The fraction of sp³-hybridized carbons (Fsp3) is 0.538. The summed E-state index contributed by atoms with van der Waals surface area (Å²) in [5.74, 6) is 0.698. The lowest BCUT2D eigenvalue weighted by molar-refractivity contribution is 0.256. The van der Waals surface area contributed by atoms with Crippen LogP contribution in [0.2, 0.25) is 0 Å². The van der Waals surface area contributed by atoms with Gasteiger partial charge in [0, 0.05) is 19.1 Å². The molecule has 2 atom stereocenters. The van der Waals surface area contributed by atoms with Gasteiger partial charge in [0.1, 0.15) is 0 Å². The average molecular weight is 204 g/mol. The molecule has 1 unspecified atom stereocenters. The zero-order valence-corrected chi connectivity index (χ0v) is 9.39. The van der Waals surface area contributed by atoms with Gasteiger partial charge in [0.15, 0.2) is 0 Å². The average Bonchev–Trinajstić information content (AvgIpc) is 2.61. The van der Waals surface area contributed by atoms with Crippen molar-refractivity contribution in [2.75, 3.05) is 13.1 Å². The lowest BCUT2D eigenvalue weighted by atomic mass is 10.1. The molecule has 2 rings (SSSR count). The first-order valence-corrected chi connectivity index (χ1v) is 5.77. The van der Waals surface area contributed by atoms with Crippen LogP contribution >= 0.6 is 0 Å². The molecule has 0 aliphatic carbocycles. The van der Waals surface area contributed by atoms with E-state index in [0.29, 0.717) is 12.0 Å². The summed E-state index contributed by atoms with van der Waals surface area (Å²) in [6.45, 7) is 5.36. The first-order valence-electron chi connectivity index (χ1n) is 5.77. The van der Waals surface area contributed by atoms with E-state index in [1.807, 2.05) is 0 Å². The van der Waals surface area contributed by atoms with Crippen molar-refractivity contribution in [3.05, 3.63) is 35.9 Å². The zero-order chi connectivity index (χ0) is 10.7. The second kappa shape index (κ2) is 4.77. The molecule has 0 saturated carbocycles. The maximum Gasteiger partial charge on any atom is 0.0236 e. The van der Waals surface area contributed by atoms with Crippen molar-refractivity contribution in [2.45, 2.75) is 25.9 Å². The largest absolute Gasteiger partial charge is 0.330 e. The Morgan fingerprint density at radius 3 is 2.67 bits per heavy atom. The monoisotopic (exact) mass is 204 g/mol. The summed E-state index contributed by atoms with van der Waals surface area (Å²) < 4.78 is 0. The van der Waals surface area contributed by atoms with E-state index in [2.05, 4.69) is 42.2 Å². The lowest BCUT2D eigenvalue weighted by Crippen LogP contribution is -2.27. The number of hydrogen-bond donors (Lipinski definition) is 1. The molecule has 0 bridgehead atoms. The molecule has 2 N–H and O–H groups in total. The second-order valence-corrected chi connectivity index (χ2v) is 4.60. The number of rotatable bonds is 3. The van der Waals surface area contributed by atoms with E-state index < -0.39 is 0 Å². The molecule has 1 aromatic carbocycles. The van der Waals surface area contributed by atoms with E-state index in [4.69, 9.17) is 5.73 Å². The van der Waals surface area contributed by atoms with Gasteiger partial charge in [-0.05, 0) is 31.4 Å². The van der Waals surface area contributed by atoms with Crippen LogP contribution in [0, 0.1) is 5.92 Å². The van der Waals surface area contributed by atoms with Crippen molar-refractivity contribution in [2.24, 2.45) is 11.7 Å². The van der Waals surface area contributed by atoms with Crippen molar-refractivity contribution < 1.29 is 0 Å². The molecule has 0 spiro atoms. The van der Waals surface area contributed by atoms with E-state index in [0.717, 1.165) is 19.6 Å². The fourth-order valence-electron chi connectivity index (χ4n) is 2.43. The summed E-state index contributed by atoms with van der Waals surface area (Å²) in [6, 6.07) is 11.4. The summed E-state index contributed by atoms with van der Waals surface area (Å²) in [5.41, 5.74) is 7.13. The molecule has 2 nitrogen and oxygen atoms in total. The Labute approximate surface area is 92.1 Å². The first-order chi connectivity index (χ1) is 7.29. The van der Waals surface area contributed by atoms with Gasteiger partial charge in [-0.3, -0.25) is 4.90 Å². The van der Waals surface area contributed by atoms with Crippen molar-refractivity contribution in [3.63, 3.8) is 0 Å². The Hall–Kier alpha value is -0.860. The van der Waals surface area contributed by atoms with Gasteiger partial charge in [0.2, 0.25) is 0 Å².